The topological polar surface area (TPSA) is 96.8 Å². The van der Waals surface area contributed by atoms with Crippen molar-refractivity contribution in [2.45, 2.75) is 25.3 Å². The monoisotopic (exact) mass is 448 g/mol. The summed E-state index contributed by atoms with van der Waals surface area (Å²) in [4.78, 5) is 34.8. The first-order valence-corrected chi connectivity index (χ1v) is 10.9. The van der Waals surface area contributed by atoms with Gasteiger partial charge in [-0.1, -0.05) is 53.2 Å². The van der Waals surface area contributed by atoms with E-state index in [2.05, 4.69) is 15.3 Å². The number of nitrogens with one attached hydrogen (secondary N) is 1. The van der Waals surface area contributed by atoms with E-state index in [4.69, 9.17) is 16.6 Å². The Morgan fingerprint density at radius 1 is 1.06 bits per heavy atom. The van der Waals surface area contributed by atoms with Gasteiger partial charge < -0.3 is 9.88 Å². The van der Waals surface area contributed by atoms with Crippen LogP contribution in [0.2, 0.25) is 5.02 Å². The molecule has 0 aliphatic carbocycles. The summed E-state index contributed by atoms with van der Waals surface area (Å²) in [7, 11) is 0. The van der Waals surface area contributed by atoms with Crippen LogP contribution in [0.25, 0.3) is 11.2 Å². The van der Waals surface area contributed by atoms with Crippen LogP contribution in [0, 0.1) is 0 Å². The van der Waals surface area contributed by atoms with Crippen LogP contribution in [0.15, 0.2) is 59.4 Å². The third-order valence-corrected chi connectivity index (χ3v) is 6.23. The molecule has 0 radical (unpaired) electrons. The molecule has 1 fully saturated rings. The van der Waals surface area contributed by atoms with E-state index in [0.717, 1.165) is 18.4 Å². The van der Waals surface area contributed by atoms with Crippen molar-refractivity contribution in [3.8, 4) is 0 Å². The van der Waals surface area contributed by atoms with Crippen molar-refractivity contribution < 1.29 is 4.79 Å². The van der Waals surface area contributed by atoms with Crippen molar-refractivity contribution >= 4 is 28.7 Å². The lowest BCUT2D eigenvalue weighted by molar-refractivity contribution is 0.0711. The van der Waals surface area contributed by atoms with Crippen LogP contribution in [0.3, 0.4) is 0 Å². The quantitative estimate of drug-likeness (QED) is 0.517. The zero-order valence-corrected chi connectivity index (χ0v) is 18.0. The fraction of sp³-hybridized carbons (Fsp3) is 0.261. The van der Waals surface area contributed by atoms with Gasteiger partial charge in [0.2, 0.25) is 0 Å². The number of rotatable bonds is 4. The number of fused-ring (bicyclic) bond motifs is 1. The molecule has 2 aromatic heterocycles. The summed E-state index contributed by atoms with van der Waals surface area (Å²) in [6, 6.07) is 16.8. The first-order chi connectivity index (χ1) is 15.6. The van der Waals surface area contributed by atoms with Crippen molar-refractivity contribution in [2.75, 3.05) is 13.1 Å². The minimum absolute atomic E-state index is 0.0305. The Morgan fingerprint density at radius 2 is 1.78 bits per heavy atom. The number of piperidine rings is 1. The SMILES string of the molecule is O=C(c1ccccc1)N1CCC(c2nc3c(nnn3Cc3ccccc3Cl)c(=O)[nH]2)CC1. The summed E-state index contributed by atoms with van der Waals surface area (Å²) in [6.45, 7) is 1.59. The lowest BCUT2D eigenvalue weighted by Gasteiger charge is -2.31. The highest BCUT2D eigenvalue weighted by molar-refractivity contribution is 6.31. The number of amides is 1. The molecule has 2 aromatic carbocycles. The molecule has 162 valence electrons. The largest absolute Gasteiger partial charge is 0.339 e. The smallest absolute Gasteiger partial charge is 0.281 e. The Kier molecular flexibility index (Phi) is 5.45. The molecular weight excluding hydrogens is 428 g/mol. The lowest BCUT2D eigenvalue weighted by Crippen LogP contribution is -2.38. The van der Waals surface area contributed by atoms with E-state index >= 15 is 0 Å². The predicted octanol–water partition coefficient (Wildman–Crippen LogP) is 3.24. The number of H-pyrrole nitrogens is 1. The maximum Gasteiger partial charge on any atom is 0.281 e. The molecule has 1 amide bonds. The molecule has 0 bridgehead atoms. The van der Waals surface area contributed by atoms with Gasteiger partial charge in [-0.15, -0.1) is 5.10 Å². The van der Waals surface area contributed by atoms with Gasteiger partial charge in [0.05, 0.1) is 6.54 Å². The number of hydrogen-bond acceptors (Lipinski definition) is 5. The Labute approximate surface area is 188 Å². The van der Waals surface area contributed by atoms with Gasteiger partial charge in [0.25, 0.3) is 11.5 Å². The Hall–Kier alpha value is -3.52. The Morgan fingerprint density at radius 3 is 2.53 bits per heavy atom. The minimum atomic E-state index is -0.307. The molecule has 5 rings (SSSR count). The molecule has 3 heterocycles. The molecule has 0 unspecified atom stereocenters. The summed E-state index contributed by atoms with van der Waals surface area (Å²) >= 11 is 6.28. The summed E-state index contributed by atoms with van der Waals surface area (Å²) in [5, 5.41) is 8.75. The second-order valence-corrected chi connectivity index (χ2v) is 8.30. The van der Waals surface area contributed by atoms with Gasteiger partial charge >= 0.3 is 0 Å². The summed E-state index contributed by atoms with van der Waals surface area (Å²) in [6.07, 6.45) is 1.44. The number of hydrogen-bond donors (Lipinski definition) is 1. The Balaban J connectivity index is 1.37. The number of carbonyl (C=O) groups is 1. The molecule has 4 aromatic rings. The predicted molar refractivity (Wildman–Crippen MR) is 121 cm³/mol. The second kappa shape index (κ2) is 8.55. The van der Waals surface area contributed by atoms with E-state index in [0.29, 0.717) is 41.7 Å². The zero-order valence-electron chi connectivity index (χ0n) is 17.2. The highest BCUT2D eigenvalue weighted by atomic mass is 35.5. The van der Waals surface area contributed by atoms with Gasteiger partial charge in [-0.05, 0) is 36.6 Å². The van der Waals surface area contributed by atoms with Crippen LogP contribution in [0.4, 0.5) is 0 Å². The first kappa shape index (κ1) is 20.4. The molecule has 1 saturated heterocycles. The van der Waals surface area contributed by atoms with Crippen LogP contribution >= 0.6 is 11.6 Å². The third kappa shape index (κ3) is 3.89. The average molecular weight is 449 g/mol. The summed E-state index contributed by atoms with van der Waals surface area (Å²) in [5.74, 6) is 0.690. The molecule has 1 aliphatic rings. The maximum absolute atomic E-state index is 12.7. The number of aromatic amines is 1. The molecule has 0 atom stereocenters. The van der Waals surface area contributed by atoms with Crippen molar-refractivity contribution in [3.63, 3.8) is 0 Å². The van der Waals surface area contributed by atoms with Crippen LogP contribution < -0.4 is 5.56 Å². The van der Waals surface area contributed by atoms with Gasteiger partial charge in [0.15, 0.2) is 11.2 Å². The van der Waals surface area contributed by atoms with Crippen molar-refractivity contribution in [1.29, 1.82) is 0 Å². The van der Waals surface area contributed by atoms with E-state index < -0.39 is 0 Å². The van der Waals surface area contributed by atoms with Gasteiger partial charge in [-0.25, -0.2) is 9.67 Å². The van der Waals surface area contributed by atoms with Crippen LogP contribution in [-0.2, 0) is 6.54 Å². The van der Waals surface area contributed by atoms with Crippen molar-refractivity contribution in [3.05, 3.63) is 86.9 Å². The van der Waals surface area contributed by atoms with Crippen LogP contribution in [0.5, 0.6) is 0 Å². The van der Waals surface area contributed by atoms with E-state index in [9.17, 15) is 9.59 Å². The molecule has 0 saturated carbocycles. The van der Waals surface area contributed by atoms with Gasteiger partial charge in [0.1, 0.15) is 5.82 Å². The van der Waals surface area contributed by atoms with Crippen LogP contribution in [0.1, 0.15) is 40.5 Å². The third-order valence-electron chi connectivity index (χ3n) is 5.86. The molecular formula is C23H21ClN6O2. The number of benzene rings is 2. The minimum Gasteiger partial charge on any atom is -0.339 e. The number of aromatic nitrogens is 5. The normalized spacial score (nSPS) is 14.7. The summed E-state index contributed by atoms with van der Waals surface area (Å²) in [5.41, 5.74) is 1.90. The van der Waals surface area contributed by atoms with E-state index in [1.165, 1.54) is 0 Å². The van der Waals surface area contributed by atoms with Crippen molar-refractivity contribution in [1.82, 2.24) is 29.9 Å². The molecule has 9 heteroatoms. The van der Waals surface area contributed by atoms with Crippen molar-refractivity contribution in [2.24, 2.45) is 0 Å². The Bertz CT molecular complexity index is 1330. The number of carbonyl (C=O) groups excluding carboxylic acids is 1. The second-order valence-electron chi connectivity index (χ2n) is 7.89. The summed E-state index contributed by atoms with van der Waals surface area (Å²) < 4.78 is 1.60. The molecule has 1 N–H and O–H groups in total. The lowest BCUT2D eigenvalue weighted by atomic mass is 9.95. The highest BCUT2D eigenvalue weighted by Gasteiger charge is 2.27. The number of nitrogens with zero attached hydrogens (tertiary/aromatic N) is 5. The van der Waals surface area contributed by atoms with Crippen LogP contribution in [-0.4, -0.2) is 48.9 Å². The van der Waals surface area contributed by atoms with Gasteiger partial charge in [-0.2, -0.15) is 0 Å². The van der Waals surface area contributed by atoms with Gasteiger partial charge in [-0.3, -0.25) is 9.59 Å². The average Bonchev–Trinajstić information content (AvgIpc) is 3.24. The zero-order chi connectivity index (χ0) is 22.1. The van der Waals surface area contributed by atoms with E-state index in [1.807, 2.05) is 59.5 Å². The highest BCUT2D eigenvalue weighted by Crippen LogP contribution is 2.27. The molecule has 0 spiro atoms. The number of halogens is 1. The molecule has 32 heavy (non-hydrogen) atoms. The fourth-order valence-electron chi connectivity index (χ4n) is 4.09. The maximum atomic E-state index is 12.7. The molecule has 1 aliphatic heterocycles. The standard InChI is InChI=1S/C23H21ClN6O2/c24-18-9-5-4-8-17(18)14-30-21-19(27-28-30)22(31)26-20(25-21)15-10-12-29(13-11-15)23(32)16-6-2-1-3-7-16/h1-9,15H,10-14H2,(H,25,26,31). The fourth-order valence-corrected chi connectivity index (χ4v) is 4.29. The van der Waals surface area contributed by atoms with E-state index in [-0.39, 0.29) is 22.9 Å². The number of likely N-dealkylation sites (tertiary alicyclic amines) is 1. The van der Waals surface area contributed by atoms with Gasteiger partial charge in [0, 0.05) is 29.6 Å². The molecule has 8 nitrogen and oxygen atoms in total. The van der Waals surface area contributed by atoms with E-state index in [1.54, 1.807) is 4.68 Å². The first-order valence-electron chi connectivity index (χ1n) is 10.5.